The number of amides is 1. The highest BCUT2D eigenvalue weighted by atomic mass is 79.9. The van der Waals surface area contributed by atoms with Gasteiger partial charge in [-0.3, -0.25) is 10.1 Å². The molecule has 7 heteroatoms. The quantitative estimate of drug-likeness (QED) is 0.494. The van der Waals surface area contributed by atoms with Gasteiger partial charge >= 0.3 is 0 Å². The molecule has 1 aromatic rings. The van der Waals surface area contributed by atoms with Crippen molar-refractivity contribution in [2.75, 3.05) is 13.2 Å². The summed E-state index contributed by atoms with van der Waals surface area (Å²) in [4.78, 5) is 12.3. The fourth-order valence-corrected chi connectivity index (χ4v) is 2.12. The minimum atomic E-state index is -0.548. The summed E-state index contributed by atoms with van der Waals surface area (Å²) in [7, 11) is 0. The second kappa shape index (κ2) is 9.76. The molecule has 0 saturated carbocycles. The van der Waals surface area contributed by atoms with Gasteiger partial charge in [-0.1, -0.05) is 29.3 Å². The van der Waals surface area contributed by atoms with Crippen LogP contribution in [0.5, 0.6) is 5.75 Å². The van der Waals surface area contributed by atoms with Gasteiger partial charge in [0.1, 0.15) is 5.75 Å². The molecule has 0 bridgehead atoms. The summed E-state index contributed by atoms with van der Waals surface area (Å²) in [6, 6.07) is 5.26. The van der Waals surface area contributed by atoms with E-state index in [-0.39, 0.29) is 17.6 Å². The maximum Gasteiger partial charge on any atom is 0.261 e. The number of carbonyl (C=O) groups is 1. The molecule has 22 heavy (non-hydrogen) atoms. The molecule has 0 spiro atoms. The van der Waals surface area contributed by atoms with Crippen molar-refractivity contribution in [2.24, 2.45) is 0 Å². The Labute approximate surface area is 144 Å². The molecule has 1 atom stereocenters. The third kappa shape index (κ3) is 6.72. The van der Waals surface area contributed by atoms with Gasteiger partial charge in [0.05, 0.1) is 18.3 Å². The number of halogens is 1. The fourth-order valence-electron chi connectivity index (χ4n) is 1.59. The Morgan fingerprint density at radius 3 is 2.86 bits per heavy atom. The summed E-state index contributed by atoms with van der Waals surface area (Å²) < 4.78 is 6.43. The highest BCUT2D eigenvalue weighted by molar-refractivity contribution is 9.10. The summed E-state index contributed by atoms with van der Waals surface area (Å²) >= 11 is 8.37. The molecule has 1 aromatic carbocycles. The summed E-state index contributed by atoms with van der Waals surface area (Å²) in [6.07, 6.45) is 1.39. The molecule has 5 nitrogen and oxygen atoms in total. The zero-order valence-electron chi connectivity index (χ0n) is 12.7. The van der Waals surface area contributed by atoms with Gasteiger partial charge in [-0.25, -0.2) is 0 Å². The number of nitrogens with one attached hydrogen (secondary N) is 2. The van der Waals surface area contributed by atoms with Crippen LogP contribution in [0, 0.1) is 0 Å². The number of hydrogen-bond acceptors (Lipinski definition) is 4. The van der Waals surface area contributed by atoms with E-state index in [1.165, 1.54) is 0 Å². The van der Waals surface area contributed by atoms with E-state index in [4.69, 9.17) is 17.0 Å². The fraction of sp³-hybridized carbons (Fsp3) is 0.467. The molecule has 1 rings (SSSR count). The van der Waals surface area contributed by atoms with Gasteiger partial charge in [0, 0.05) is 11.0 Å². The van der Waals surface area contributed by atoms with E-state index in [0.29, 0.717) is 17.9 Å². The van der Waals surface area contributed by atoms with E-state index in [9.17, 15) is 9.90 Å². The number of thiocarbonyl (C=S) groups is 1. The summed E-state index contributed by atoms with van der Waals surface area (Å²) in [5, 5.41) is 14.7. The normalized spacial score (nSPS) is 11.6. The lowest BCUT2D eigenvalue weighted by molar-refractivity contribution is 0.0971. The van der Waals surface area contributed by atoms with Gasteiger partial charge in [0.2, 0.25) is 0 Å². The zero-order valence-corrected chi connectivity index (χ0v) is 15.1. The lowest BCUT2D eigenvalue weighted by atomic mass is 10.2. The first kappa shape index (κ1) is 18.9. The summed E-state index contributed by atoms with van der Waals surface area (Å²) in [6.45, 7) is 4.54. The molecule has 0 aliphatic carbocycles. The van der Waals surface area contributed by atoms with Crippen LogP contribution in [0.25, 0.3) is 0 Å². The molecule has 0 saturated heterocycles. The predicted molar refractivity (Wildman–Crippen MR) is 94.3 cm³/mol. The molecular formula is C15H21BrN2O3S. The van der Waals surface area contributed by atoms with Gasteiger partial charge < -0.3 is 15.2 Å². The standard InChI is InChI=1S/C15H21BrN2O3S/c1-3-4-7-21-13-6-5-11(16)8-12(13)14(20)18-15(22)17-9-10(2)19/h5-6,8,10,19H,3-4,7,9H2,1-2H3,(H2,17,18,20,22). The van der Waals surface area contributed by atoms with Crippen LogP contribution in [0.4, 0.5) is 0 Å². The first-order valence-electron chi connectivity index (χ1n) is 7.13. The predicted octanol–water partition coefficient (Wildman–Crippen LogP) is 2.61. The van der Waals surface area contributed by atoms with E-state index < -0.39 is 6.10 Å². The number of carbonyl (C=O) groups excluding carboxylic acids is 1. The van der Waals surface area contributed by atoms with Gasteiger partial charge in [-0.15, -0.1) is 0 Å². The van der Waals surface area contributed by atoms with E-state index >= 15 is 0 Å². The molecule has 1 unspecified atom stereocenters. The lowest BCUT2D eigenvalue weighted by Gasteiger charge is -2.14. The van der Waals surface area contributed by atoms with E-state index in [1.807, 2.05) is 6.07 Å². The molecule has 1 amide bonds. The van der Waals surface area contributed by atoms with E-state index in [0.717, 1.165) is 17.3 Å². The highest BCUT2D eigenvalue weighted by Crippen LogP contribution is 2.23. The molecule has 0 fully saturated rings. The van der Waals surface area contributed by atoms with Crippen molar-refractivity contribution in [1.29, 1.82) is 0 Å². The van der Waals surface area contributed by atoms with Crippen molar-refractivity contribution in [1.82, 2.24) is 10.6 Å². The number of aliphatic hydroxyl groups is 1. The topological polar surface area (TPSA) is 70.6 Å². The maximum absolute atomic E-state index is 12.3. The number of benzene rings is 1. The first-order chi connectivity index (χ1) is 10.4. The van der Waals surface area contributed by atoms with Crippen molar-refractivity contribution in [3.8, 4) is 5.75 Å². The Bertz CT molecular complexity index is 524. The van der Waals surface area contributed by atoms with Crippen molar-refractivity contribution >= 4 is 39.2 Å². The Morgan fingerprint density at radius 1 is 1.50 bits per heavy atom. The molecule has 3 N–H and O–H groups in total. The van der Waals surface area contributed by atoms with E-state index in [1.54, 1.807) is 19.1 Å². The third-order valence-electron chi connectivity index (χ3n) is 2.73. The van der Waals surface area contributed by atoms with Crippen molar-refractivity contribution in [3.05, 3.63) is 28.2 Å². The molecule has 0 radical (unpaired) electrons. The largest absolute Gasteiger partial charge is 0.493 e. The highest BCUT2D eigenvalue weighted by Gasteiger charge is 2.15. The number of rotatable bonds is 7. The second-order valence-electron chi connectivity index (χ2n) is 4.86. The van der Waals surface area contributed by atoms with Gasteiger partial charge in [-0.05, 0) is 43.8 Å². The van der Waals surface area contributed by atoms with Crippen molar-refractivity contribution < 1.29 is 14.6 Å². The number of ether oxygens (including phenoxy) is 1. The molecule has 0 aromatic heterocycles. The zero-order chi connectivity index (χ0) is 16.5. The lowest BCUT2D eigenvalue weighted by Crippen LogP contribution is -2.41. The third-order valence-corrected chi connectivity index (χ3v) is 3.47. The van der Waals surface area contributed by atoms with Crippen LogP contribution in [0.15, 0.2) is 22.7 Å². The van der Waals surface area contributed by atoms with Crippen LogP contribution >= 0.6 is 28.1 Å². The molecule has 122 valence electrons. The maximum atomic E-state index is 12.3. The minimum Gasteiger partial charge on any atom is -0.493 e. The Balaban J connectivity index is 2.73. The van der Waals surface area contributed by atoms with E-state index in [2.05, 4.69) is 33.5 Å². The minimum absolute atomic E-state index is 0.172. The van der Waals surface area contributed by atoms with Crippen LogP contribution < -0.4 is 15.4 Å². The average Bonchev–Trinajstić information content (AvgIpc) is 2.46. The van der Waals surface area contributed by atoms with Crippen LogP contribution in [-0.4, -0.2) is 35.4 Å². The Hall–Kier alpha value is -1.18. The summed E-state index contributed by atoms with van der Waals surface area (Å²) in [5.41, 5.74) is 0.409. The van der Waals surface area contributed by atoms with Crippen LogP contribution in [-0.2, 0) is 0 Å². The molecule has 0 aliphatic heterocycles. The number of hydrogen-bond donors (Lipinski definition) is 3. The monoisotopic (exact) mass is 388 g/mol. The molecule has 0 aliphatic rings. The SMILES string of the molecule is CCCCOc1ccc(Br)cc1C(=O)NC(=S)NCC(C)O. The molecule has 0 heterocycles. The van der Waals surface area contributed by atoms with Gasteiger partial charge in [-0.2, -0.15) is 0 Å². The average molecular weight is 389 g/mol. The van der Waals surface area contributed by atoms with Crippen molar-refractivity contribution in [2.45, 2.75) is 32.8 Å². The van der Waals surface area contributed by atoms with Crippen LogP contribution in [0.3, 0.4) is 0 Å². The Kier molecular flexibility index (Phi) is 8.37. The van der Waals surface area contributed by atoms with Crippen molar-refractivity contribution in [3.63, 3.8) is 0 Å². The van der Waals surface area contributed by atoms with Crippen LogP contribution in [0.2, 0.25) is 0 Å². The smallest absolute Gasteiger partial charge is 0.261 e. The van der Waals surface area contributed by atoms with Crippen LogP contribution in [0.1, 0.15) is 37.0 Å². The number of aliphatic hydroxyl groups excluding tert-OH is 1. The molecular weight excluding hydrogens is 368 g/mol. The summed E-state index contributed by atoms with van der Waals surface area (Å²) in [5.74, 6) is 0.170. The first-order valence-corrected chi connectivity index (χ1v) is 8.33. The van der Waals surface area contributed by atoms with Gasteiger partial charge in [0.25, 0.3) is 5.91 Å². The number of unbranched alkanes of at least 4 members (excludes halogenated alkanes) is 1. The Morgan fingerprint density at radius 2 is 2.23 bits per heavy atom. The second-order valence-corrected chi connectivity index (χ2v) is 6.18. The van der Waals surface area contributed by atoms with Gasteiger partial charge in [0.15, 0.2) is 5.11 Å².